The van der Waals surface area contributed by atoms with Gasteiger partial charge in [0.25, 0.3) is 0 Å². The SMILES string of the molecule is CC1(C)CC(=O)CC(c2ccccc2)O1. The highest BCUT2D eigenvalue weighted by Gasteiger charge is 2.34. The van der Waals surface area contributed by atoms with Crippen LogP contribution in [0.4, 0.5) is 0 Å². The fourth-order valence-electron chi connectivity index (χ4n) is 2.08. The third-order valence-corrected chi connectivity index (χ3v) is 2.67. The van der Waals surface area contributed by atoms with Gasteiger partial charge in [0.1, 0.15) is 5.78 Å². The molecule has 1 aliphatic heterocycles. The lowest BCUT2D eigenvalue weighted by Gasteiger charge is -2.35. The van der Waals surface area contributed by atoms with Gasteiger partial charge in [-0.05, 0) is 19.4 Å². The molecule has 1 aliphatic rings. The topological polar surface area (TPSA) is 26.3 Å². The van der Waals surface area contributed by atoms with Gasteiger partial charge in [0.05, 0.1) is 11.7 Å². The minimum atomic E-state index is -0.324. The van der Waals surface area contributed by atoms with Crippen LogP contribution in [0.3, 0.4) is 0 Å². The van der Waals surface area contributed by atoms with Crippen molar-refractivity contribution in [3.63, 3.8) is 0 Å². The average molecular weight is 204 g/mol. The summed E-state index contributed by atoms with van der Waals surface area (Å²) in [5.41, 5.74) is 0.772. The summed E-state index contributed by atoms with van der Waals surface area (Å²) >= 11 is 0. The fourth-order valence-corrected chi connectivity index (χ4v) is 2.08. The second-order valence-corrected chi connectivity index (χ2v) is 4.70. The van der Waals surface area contributed by atoms with Crippen LogP contribution in [0.15, 0.2) is 30.3 Å². The summed E-state index contributed by atoms with van der Waals surface area (Å²) in [4.78, 5) is 11.6. The Morgan fingerprint density at radius 2 is 1.93 bits per heavy atom. The molecule has 0 spiro atoms. The van der Waals surface area contributed by atoms with Crippen molar-refractivity contribution in [2.75, 3.05) is 0 Å². The van der Waals surface area contributed by atoms with E-state index in [1.807, 2.05) is 44.2 Å². The first-order valence-corrected chi connectivity index (χ1v) is 5.31. The summed E-state index contributed by atoms with van der Waals surface area (Å²) < 4.78 is 5.91. The molecule has 0 amide bonds. The molecule has 0 N–H and O–H groups in total. The smallest absolute Gasteiger partial charge is 0.138 e. The number of hydrogen-bond donors (Lipinski definition) is 0. The van der Waals surface area contributed by atoms with Gasteiger partial charge in [0.2, 0.25) is 0 Å². The second-order valence-electron chi connectivity index (χ2n) is 4.70. The third kappa shape index (κ3) is 2.45. The third-order valence-electron chi connectivity index (χ3n) is 2.67. The highest BCUT2D eigenvalue weighted by atomic mass is 16.5. The Bertz CT molecular complexity index is 354. The van der Waals surface area contributed by atoms with E-state index in [2.05, 4.69) is 0 Å². The minimum absolute atomic E-state index is 0.0672. The standard InChI is InChI=1S/C13H16O2/c1-13(2)9-11(14)8-12(15-13)10-6-4-3-5-7-10/h3-7,12H,8-9H2,1-2H3. The van der Waals surface area contributed by atoms with Crippen LogP contribution in [0.2, 0.25) is 0 Å². The van der Waals surface area contributed by atoms with Crippen molar-refractivity contribution in [2.45, 2.75) is 38.4 Å². The number of benzene rings is 1. The van der Waals surface area contributed by atoms with Crippen LogP contribution in [-0.4, -0.2) is 11.4 Å². The van der Waals surface area contributed by atoms with Crippen LogP contribution in [0.5, 0.6) is 0 Å². The van der Waals surface area contributed by atoms with E-state index in [1.54, 1.807) is 0 Å². The zero-order valence-electron chi connectivity index (χ0n) is 9.19. The maximum atomic E-state index is 11.6. The molecule has 1 aromatic carbocycles. The van der Waals surface area contributed by atoms with Gasteiger partial charge in [0.15, 0.2) is 0 Å². The average Bonchev–Trinajstić information content (AvgIpc) is 2.16. The summed E-state index contributed by atoms with van der Waals surface area (Å²) in [6, 6.07) is 9.95. The molecule has 2 heteroatoms. The molecular weight excluding hydrogens is 188 g/mol. The highest BCUT2D eigenvalue weighted by molar-refractivity contribution is 5.80. The first kappa shape index (κ1) is 10.4. The van der Waals surface area contributed by atoms with Crippen molar-refractivity contribution in [3.8, 4) is 0 Å². The maximum Gasteiger partial charge on any atom is 0.138 e. The van der Waals surface area contributed by atoms with E-state index in [0.29, 0.717) is 18.6 Å². The Labute approximate surface area is 90.3 Å². The van der Waals surface area contributed by atoms with Gasteiger partial charge >= 0.3 is 0 Å². The quantitative estimate of drug-likeness (QED) is 0.703. The predicted molar refractivity (Wildman–Crippen MR) is 58.6 cm³/mol. The zero-order chi connectivity index (χ0) is 10.9. The van der Waals surface area contributed by atoms with Crippen LogP contribution in [0.25, 0.3) is 0 Å². The lowest BCUT2D eigenvalue weighted by molar-refractivity contribution is -0.149. The Morgan fingerprint density at radius 3 is 2.53 bits per heavy atom. The largest absolute Gasteiger partial charge is 0.367 e. The molecule has 0 saturated carbocycles. The molecule has 0 radical (unpaired) electrons. The van der Waals surface area contributed by atoms with E-state index in [-0.39, 0.29) is 11.7 Å². The summed E-state index contributed by atoms with van der Waals surface area (Å²) in [5.74, 6) is 0.292. The number of ketones is 1. The predicted octanol–water partition coefficient (Wildman–Crippen LogP) is 2.89. The fraction of sp³-hybridized carbons (Fsp3) is 0.462. The first-order chi connectivity index (χ1) is 7.07. The minimum Gasteiger partial charge on any atom is -0.367 e. The van der Waals surface area contributed by atoms with Gasteiger partial charge in [-0.25, -0.2) is 0 Å². The van der Waals surface area contributed by atoms with Crippen molar-refractivity contribution in [1.29, 1.82) is 0 Å². The molecule has 1 saturated heterocycles. The lowest BCUT2D eigenvalue weighted by atomic mass is 9.91. The molecule has 0 aliphatic carbocycles. The van der Waals surface area contributed by atoms with Crippen molar-refractivity contribution in [2.24, 2.45) is 0 Å². The number of ether oxygens (including phenoxy) is 1. The summed E-state index contributed by atoms with van der Waals surface area (Å²) in [5, 5.41) is 0. The molecule has 1 fully saturated rings. The van der Waals surface area contributed by atoms with E-state index >= 15 is 0 Å². The number of carbonyl (C=O) groups excluding carboxylic acids is 1. The molecule has 0 aromatic heterocycles. The Balaban J connectivity index is 2.20. The van der Waals surface area contributed by atoms with Gasteiger partial charge in [-0.3, -0.25) is 4.79 Å². The van der Waals surface area contributed by atoms with Crippen molar-refractivity contribution < 1.29 is 9.53 Å². The molecule has 1 unspecified atom stereocenters. The van der Waals surface area contributed by atoms with Crippen LogP contribution in [0, 0.1) is 0 Å². The van der Waals surface area contributed by atoms with Gasteiger partial charge in [0, 0.05) is 12.8 Å². The molecular formula is C13H16O2. The van der Waals surface area contributed by atoms with Crippen LogP contribution < -0.4 is 0 Å². The molecule has 80 valence electrons. The molecule has 1 atom stereocenters. The van der Waals surface area contributed by atoms with Crippen LogP contribution in [0.1, 0.15) is 38.4 Å². The number of carbonyl (C=O) groups is 1. The highest BCUT2D eigenvalue weighted by Crippen LogP contribution is 2.34. The van der Waals surface area contributed by atoms with Gasteiger partial charge in [-0.1, -0.05) is 30.3 Å². The molecule has 1 aromatic rings. The summed E-state index contributed by atoms with van der Waals surface area (Å²) in [6.07, 6.45) is 0.964. The van der Waals surface area contributed by atoms with E-state index in [0.717, 1.165) is 5.56 Å². The zero-order valence-corrected chi connectivity index (χ0v) is 9.19. The summed E-state index contributed by atoms with van der Waals surface area (Å²) in [6.45, 7) is 3.94. The molecule has 2 rings (SSSR count). The van der Waals surface area contributed by atoms with E-state index in [1.165, 1.54) is 0 Å². The molecule has 0 bridgehead atoms. The summed E-state index contributed by atoms with van der Waals surface area (Å²) in [7, 11) is 0. The van der Waals surface area contributed by atoms with Gasteiger partial charge in [-0.15, -0.1) is 0 Å². The first-order valence-electron chi connectivity index (χ1n) is 5.31. The van der Waals surface area contributed by atoms with Gasteiger partial charge < -0.3 is 4.74 Å². The Hall–Kier alpha value is -1.15. The van der Waals surface area contributed by atoms with Gasteiger partial charge in [-0.2, -0.15) is 0 Å². The van der Waals surface area contributed by atoms with E-state index in [4.69, 9.17) is 4.74 Å². The maximum absolute atomic E-state index is 11.6. The normalized spacial score (nSPS) is 25.2. The molecule has 1 heterocycles. The van der Waals surface area contributed by atoms with E-state index < -0.39 is 0 Å². The van der Waals surface area contributed by atoms with Crippen molar-refractivity contribution in [1.82, 2.24) is 0 Å². The number of hydrogen-bond acceptors (Lipinski definition) is 2. The molecule has 2 nitrogen and oxygen atoms in total. The lowest BCUT2D eigenvalue weighted by Crippen LogP contribution is -2.36. The monoisotopic (exact) mass is 204 g/mol. The molecule has 15 heavy (non-hydrogen) atoms. The second kappa shape index (κ2) is 3.78. The van der Waals surface area contributed by atoms with Crippen molar-refractivity contribution >= 4 is 5.78 Å². The Morgan fingerprint density at radius 1 is 1.27 bits per heavy atom. The van der Waals surface area contributed by atoms with Crippen LogP contribution in [-0.2, 0) is 9.53 Å². The number of Topliss-reactive ketones (excluding diaryl/α,β-unsaturated/α-hetero) is 1. The van der Waals surface area contributed by atoms with Crippen LogP contribution >= 0.6 is 0 Å². The van der Waals surface area contributed by atoms with Crippen molar-refractivity contribution in [3.05, 3.63) is 35.9 Å². The Kier molecular flexibility index (Phi) is 2.61. The van der Waals surface area contributed by atoms with E-state index in [9.17, 15) is 4.79 Å². The number of rotatable bonds is 1.